The quantitative estimate of drug-likeness (QED) is 0.471. The summed E-state index contributed by atoms with van der Waals surface area (Å²) >= 11 is 0. The molecule has 0 N–H and O–H groups in total. The zero-order valence-corrected chi connectivity index (χ0v) is 11.7. The summed E-state index contributed by atoms with van der Waals surface area (Å²) in [4.78, 5) is 22.6. The molecule has 0 unspecified atom stereocenters. The molecule has 1 aliphatic heterocycles. The van der Waals surface area contributed by atoms with E-state index in [2.05, 4.69) is 9.98 Å². The van der Waals surface area contributed by atoms with Crippen LogP contribution in [0.1, 0.15) is 36.1 Å². The molecular weight excluding hydrogens is 244 g/mol. The van der Waals surface area contributed by atoms with E-state index in [0.29, 0.717) is 18.1 Å². The van der Waals surface area contributed by atoms with Crippen LogP contribution in [0.15, 0.2) is 4.99 Å². The Morgan fingerprint density at radius 3 is 3.00 bits per heavy atom. The predicted molar refractivity (Wildman–Crippen MR) is 73.0 cm³/mol. The van der Waals surface area contributed by atoms with Crippen molar-refractivity contribution >= 4 is 18.1 Å². The van der Waals surface area contributed by atoms with E-state index in [0.717, 1.165) is 31.6 Å². The minimum atomic E-state index is -0.339. The normalized spacial score (nSPS) is 14.5. The lowest BCUT2D eigenvalue weighted by atomic mass is 10.1. The van der Waals surface area contributed by atoms with Crippen molar-refractivity contribution < 1.29 is 9.53 Å². The highest BCUT2D eigenvalue weighted by molar-refractivity contribution is 5.93. The lowest BCUT2D eigenvalue weighted by Gasteiger charge is -2.15. The third-order valence-corrected chi connectivity index (χ3v) is 2.94. The summed E-state index contributed by atoms with van der Waals surface area (Å²) in [6.07, 6.45) is 4.71. The highest BCUT2D eigenvalue weighted by Gasteiger charge is 2.25. The van der Waals surface area contributed by atoms with E-state index < -0.39 is 0 Å². The zero-order chi connectivity index (χ0) is 13.8. The first-order chi connectivity index (χ1) is 9.13. The van der Waals surface area contributed by atoms with Crippen molar-refractivity contribution in [1.29, 1.82) is 0 Å². The average Bonchev–Trinajstić information content (AvgIpc) is 2.74. The number of esters is 1. The Kier molecular flexibility index (Phi) is 4.19. The van der Waals surface area contributed by atoms with E-state index in [4.69, 9.17) is 4.74 Å². The van der Waals surface area contributed by atoms with Gasteiger partial charge in [0.25, 0.3) is 0 Å². The second-order valence-electron chi connectivity index (χ2n) is 4.74. The molecule has 0 atom stereocenters. The minimum absolute atomic E-state index is 0.339. The van der Waals surface area contributed by atoms with E-state index in [-0.39, 0.29) is 5.97 Å². The molecule has 0 bridgehead atoms. The van der Waals surface area contributed by atoms with Crippen LogP contribution in [0.4, 0.5) is 5.82 Å². The van der Waals surface area contributed by atoms with Gasteiger partial charge < -0.3 is 14.2 Å². The molecule has 0 aliphatic carbocycles. The maximum atomic E-state index is 12.1. The van der Waals surface area contributed by atoms with Gasteiger partial charge in [0, 0.05) is 27.1 Å². The summed E-state index contributed by atoms with van der Waals surface area (Å²) in [6.45, 7) is 2.97. The molecule has 19 heavy (non-hydrogen) atoms. The largest absolute Gasteiger partial charge is 0.461 e. The van der Waals surface area contributed by atoms with E-state index in [1.54, 1.807) is 13.3 Å². The van der Waals surface area contributed by atoms with Crippen molar-refractivity contribution in [3.05, 3.63) is 11.5 Å². The van der Waals surface area contributed by atoms with Gasteiger partial charge in [-0.2, -0.15) is 0 Å². The average molecular weight is 264 g/mol. The second-order valence-corrected chi connectivity index (χ2v) is 4.74. The molecule has 0 radical (unpaired) electrons. The number of carbonyl (C=O) groups excluding carboxylic acids is 1. The Balaban J connectivity index is 2.40. The van der Waals surface area contributed by atoms with Crippen molar-refractivity contribution in [2.45, 2.75) is 32.7 Å². The molecule has 6 heteroatoms. The van der Waals surface area contributed by atoms with Crippen LogP contribution in [0.2, 0.25) is 0 Å². The molecule has 0 spiro atoms. The van der Waals surface area contributed by atoms with Gasteiger partial charge in [0.05, 0.1) is 12.9 Å². The number of fused-ring (bicyclic) bond motifs is 1. The first kappa shape index (κ1) is 13.6. The summed E-state index contributed by atoms with van der Waals surface area (Å²) in [5, 5.41) is 0. The van der Waals surface area contributed by atoms with E-state index in [1.165, 1.54) is 0 Å². The lowest BCUT2D eigenvalue weighted by Crippen LogP contribution is -2.17. The van der Waals surface area contributed by atoms with E-state index in [1.807, 2.05) is 23.6 Å². The summed E-state index contributed by atoms with van der Waals surface area (Å²) < 4.78 is 7.06. The van der Waals surface area contributed by atoms with Crippen LogP contribution >= 0.6 is 0 Å². The Labute approximate surface area is 113 Å². The van der Waals surface area contributed by atoms with Crippen LogP contribution < -0.4 is 0 Å². The van der Waals surface area contributed by atoms with Crippen LogP contribution in [0.3, 0.4) is 0 Å². The van der Waals surface area contributed by atoms with Gasteiger partial charge in [-0.1, -0.05) is 0 Å². The van der Waals surface area contributed by atoms with Gasteiger partial charge in [0.1, 0.15) is 5.82 Å². The van der Waals surface area contributed by atoms with Gasteiger partial charge in [-0.3, -0.25) is 0 Å². The number of nitrogens with zero attached hydrogens (tertiary/aromatic N) is 4. The Morgan fingerprint density at radius 2 is 2.32 bits per heavy atom. The molecule has 0 saturated carbocycles. The van der Waals surface area contributed by atoms with Crippen LogP contribution in [0, 0.1) is 0 Å². The standard InChI is InChI=1S/C13H20N4O2/c1-4-19-13(18)11-12(14-9-16(2)3)15-10-7-5-6-8-17(10)11/h9H,4-8H2,1-3H3. The Morgan fingerprint density at radius 1 is 1.53 bits per heavy atom. The van der Waals surface area contributed by atoms with Crippen molar-refractivity contribution in [3.8, 4) is 0 Å². The van der Waals surface area contributed by atoms with Crippen LogP contribution in [-0.4, -0.2) is 47.5 Å². The molecule has 1 aliphatic rings. The fourth-order valence-corrected chi connectivity index (χ4v) is 2.13. The summed E-state index contributed by atoms with van der Waals surface area (Å²) in [6, 6.07) is 0. The highest BCUT2D eigenvalue weighted by Crippen LogP contribution is 2.25. The summed E-state index contributed by atoms with van der Waals surface area (Å²) in [7, 11) is 3.76. The van der Waals surface area contributed by atoms with E-state index >= 15 is 0 Å². The number of aryl methyl sites for hydroxylation is 1. The van der Waals surface area contributed by atoms with Crippen molar-refractivity contribution in [1.82, 2.24) is 14.5 Å². The fraction of sp³-hybridized carbons (Fsp3) is 0.615. The monoisotopic (exact) mass is 264 g/mol. The second kappa shape index (κ2) is 5.86. The topological polar surface area (TPSA) is 59.7 Å². The van der Waals surface area contributed by atoms with Crippen molar-refractivity contribution in [2.75, 3.05) is 20.7 Å². The van der Waals surface area contributed by atoms with Gasteiger partial charge in [-0.05, 0) is 19.8 Å². The van der Waals surface area contributed by atoms with Gasteiger partial charge >= 0.3 is 5.97 Å². The van der Waals surface area contributed by atoms with Crippen LogP contribution in [0.25, 0.3) is 0 Å². The Bertz CT molecular complexity index is 491. The van der Waals surface area contributed by atoms with Crippen molar-refractivity contribution in [2.24, 2.45) is 4.99 Å². The molecule has 2 heterocycles. The number of rotatable bonds is 4. The molecule has 2 rings (SSSR count). The Hall–Kier alpha value is -1.85. The lowest BCUT2D eigenvalue weighted by molar-refractivity contribution is 0.0513. The highest BCUT2D eigenvalue weighted by atomic mass is 16.5. The SMILES string of the molecule is CCOC(=O)c1c(N=CN(C)C)nc2n1CCCC2. The van der Waals surface area contributed by atoms with Crippen LogP contribution in [0.5, 0.6) is 0 Å². The fourth-order valence-electron chi connectivity index (χ4n) is 2.13. The molecule has 0 amide bonds. The van der Waals surface area contributed by atoms with Gasteiger partial charge in [-0.25, -0.2) is 14.8 Å². The number of ether oxygens (including phenoxy) is 1. The van der Waals surface area contributed by atoms with Crippen molar-refractivity contribution in [3.63, 3.8) is 0 Å². The van der Waals surface area contributed by atoms with Crippen LogP contribution in [-0.2, 0) is 17.7 Å². The maximum absolute atomic E-state index is 12.1. The number of aliphatic imine (C=N–C) groups is 1. The maximum Gasteiger partial charge on any atom is 0.358 e. The first-order valence-electron chi connectivity index (χ1n) is 6.60. The first-order valence-corrected chi connectivity index (χ1v) is 6.60. The third kappa shape index (κ3) is 2.94. The number of aromatic nitrogens is 2. The molecule has 0 fully saturated rings. The van der Waals surface area contributed by atoms with Gasteiger partial charge in [0.15, 0.2) is 11.5 Å². The summed E-state index contributed by atoms with van der Waals surface area (Å²) in [5.74, 6) is 1.05. The molecule has 0 aromatic carbocycles. The number of carbonyl (C=O) groups is 1. The number of imidazole rings is 1. The van der Waals surface area contributed by atoms with E-state index in [9.17, 15) is 4.79 Å². The molecule has 1 aromatic heterocycles. The molecular formula is C13H20N4O2. The number of hydrogen-bond acceptors (Lipinski definition) is 4. The molecule has 104 valence electrons. The van der Waals surface area contributed by atoms with Gasteiger partial charge in [0.2, 0.25) is 0 Å². The minimum Gasteiger partial charge on any atom is -0.461 e. The molecule has 0 saturated heterocycles. The predicted octanol–water partition coefficient (Wildman–Crippen LogP) is 1.62. The zero-order valence-electron chi connectivity index (χ0n) is 11.7. The third-order valence-electron chi connectivity index (χ3n) is 2.94. The molecule has 1 aromatic rings. The van der Waals surface area contributed by atoms with Gasteiger partial charge in [-0.15, -0.1) is 0 Å². The number of hydrogen-bond donors (Lipinski definition) is 0. The summed E-state index contributed by atoms with van der Waals surface area (Å²) in [5.41, 5.74) is 0.481. The smallest absolute Gasteiger partial charge is 0.358 e. The molecule has 6 nitrogen and oxygen atoms in total.